The Kier molecular flexibility index (Phi) is 6.99. The normalized spacial score (nSPS) is 11.5. The summed E-state index contributed by atoms with van der Waals surface area (Å²) >= 11 is 1.33. The van der Waals surface area contributed by atoms with Crippen LogP contribution in [-0.4, -0.2) is 33.2 Å². The summed E-state index contributed by atoms with van der Waals surface area (Å²) < 4.78 is 6.93. The van der Waals surface area contributed by atoms with E-state index in [4.69, 9.17) is 14.3 Å². The van der Waals surface area contributed by atoms with Gasteiger partial charge in [-0.3, -0.25) is 9.36 Å². The molecule has 0 radical (unpaired) electrons. The fourth-order valence-corrected chi connectivity index (χ4v) is 3.82. The summed E-state index contributed by atoms with van der Waals surface area (Å²) in [7, 11) is 0. The largest absolute Gasteiger partial charge is 0.443 e. The number of nitrogens with zero attached hydrogens (tertiary/aromatic N) is 2. The Morgan fingerprint density at radius 3 is 2.23 bits per heavy atom. The van der Waals surface area contributed by atoms with Gasteiger partial charge in [0.05, 0.1) is 16.8 Å². The molecule has 2 heterocycles. The molecule has 1 aromatic carbocycles. The molecule has 7 nitrogen and oxygen atoms in total. The number of rotatable bonds is 2. The third kappa shape index (κ3) is 5.75. The molecule has 0 spiro atoms. The van der Waals surface area contributed by atoms with Gasteiger partial charge in [-0.15, -0.1) is 11.3 Å². The Bertz CT molecular complexity index is 1150. The molecule has 3 rings (SSSR count). The third-order valence-corrected chi connectivity index (χ3v) is 5.10. The number of aryl methyl sites for hydroxylation is 1. The summed E-state index contributed by atoms with van der Waals surface area (Å²) in [5, 5.41) is 3.06. The zero-order valence-electron chi connectivity index (χ0n) is 18.7. The molecular formula is C23H26N2O5S. The van der Waals surface area contributed by atoms with E-state index in [-0.39, 0.29) is 17.3 Å². The topological polar surface area (TPSA) is 95.3 Å². The second-order valence-electron chi connectivity index (χ2n) is 9.11. The van der Waals surface area contributed by atoms with Crippen molar-refractivity contribution in [3.05, 3.63) is 51.6 Å². The number of carbonyl (C=O) groups is 2. The van der Waals surface area contributed by atoms with Gasteiger partial charge >= 0.3 is 12.2 Å². The first-order valence-corrected chi connectivity index (χ1v) is 10.5. The zero-order chi connectivity index (χ0) is 23.6. The fourth-order valence-electron chi connectivity index (χ4n) is 2.82. The van der Waals surface area contributed by atoms with Crippen molar-refractivity contribution in [2.75, 3.05) is 0 Å². The number of hydrogen-bond donors (Lipinski definition) is 0. The number of benzene rings is 1. The van der Waals surface area contributed by atoms with Gasteiger partial charge in [-0.1, -0.05) is 32.9 Å². The van der Waals surface area contributed by atoms with Crippen LogP contribution < -0.4 is 0 Å². The van der Waals surface area contributed by atoms with Crippen LogP contribution in [0.4, 0.5) is 4.79 Å². The summed E-state index contributed by atoms with van der Waals surface area (Å²) in [5.74, 6) is -0.184. The fraction of sp³-hybridized carbons (Fsp3) is 0.391. The SMILES string of the molecule is Cc1ccc2c(C(=O)c3nc(C(C)(C)C)cs3)cn(C(=O)OC(C)(C)C)c2c1.O=C=O. The quantitative estimate of drug-likeness (QED) is 0.510. The highest BCUT2D eigenvalue weighted by molar-refractivity contribution is 7.12. The molecule has 0 bridgehead atoms. The maximum absolute atomic E-state index is 13.2. The van der Waals surface area contributed by atoms with Gasteiger partial charge in [-0.2, -0.15) is 9.59 Å². The van der Waals surface area contributed by atoms with Gasteiger partial charge in [0.25, 0.3) is 0 Å². The van der Waals surface area contributed by atoms with Crippen molar-refractivity contribution < 1.29 is 23.9 Å². The Balaban J connectivity index is 0.00000107. The highest BCUT2D eigenvalue weighted by Gasteiger charge is 2.26. The minimum atomic E-state index is -0.626. The van der Waals surface area contributed by atoms with E-state index in [2.05, 4.69) is 25.8 Å². The van der Waals surface area contributed by atoms with Crippen LogP contribution in [0.5, 0.6) is 0 Å². The number of ether oxygens (including phenoxy) is 1. The lowest BCUT2D eigenvalue weighted by molar-refractivity contribution is -0.191. The predicted octanol–water partition coefficient (Wildman–Crippen LogP) is 5.13. The maximum atomic E-state index is 13.2. The van der Waals surface area contributed by atoms with E-state index < -0.39 is 11.7 Å². The van der Waals surface area contributed by atoms with Gasteiger partial charge in [0.2, 0.25) is 5.78 Å². The van der Waals surface area contributed by atoms with E-state index in [1.165, 1.54) is 15.9 Å². The molecule has 164 valence electrons. The van der Waals surface area contributed by atoms with Crippen molar-refractivity contribution >= 4 is 40.3 Å². The summed E-state index contributed by atoms with van der Waals surface area (Å²) in [6, 6.07) is 5.69. The average molecular weight is 443 g/mol. The summed E-state index contributed by atoms with van der Waals surface area (Å²) in [5.41, 5.74) is 2.24. The average Bonchev–Trinajstić information content (AvgIpc) is 3.25. The number of hydrogen-bond acceptors (Lipinski definition) is 7. The zero-order valence-corrected chi connectivity index (χ0v) is 19.5. The molecular weight excluding hydrogens is 416 g/mol. The van der Waals surface area contributed by atoms with Crippen molar-refractivity contribution in [3.8, 4) is 0 Å². The Morgan fingerprint density at radius 2 is 1.71 bits per heavy atom. The molecule has 0 aliphatic rings. The van der Waals surface area contributed by atoms with E-state index in [1.54, 1.807) is 6.20 Å². The molecule has 8 heteroatoms. The molecule has 0 atom stereocenters. The first-order chi connectivity index (χ1) is 14.3. The monoisotopic (exact) mass is 442 g/mol. The lowest BCUT2D eigenvalue weighted by Crippen LogP contribution is -2.26. The van der Waals surface area contributed by atoms with E-state index in [0.717, 1.165) is 11.3 Å². The lowest BCUT2D eigenvalue weighted by atomic mass is 9.93. The molecule has 2 aromatic heterocycles. The Labute approximate surface area is 185 Å². The van der Waals surface area contributed by atoms with Crippen LogP contribution in [0.3, 0.4) is 0 Å². The van der Waals surface area contributed by atoms with E-state index in [9.17, 15) is 9.59 Å². The van der Waals surface area contributed by atoms with Crippen molar-refractivity contribution in [1.82, 2.24) is 9.55 Å². The van der Waals surface area contributed by atoms with Crippen LogP contribution >= 0.6 is 11.3 Å². The van der Waals surface area contributed by atoms with Crippen molar-refractivity contribution in [1.29, 1.82) is 0 Å². The minimum Gasteiger partial charge on any atom is -0.443 e. The highest BCUT2D eigenvalue weighted by atomic mass is 32.1. The second-order valence-corrected chi connectivity index (χ2v) is 9.97. The minimum absolute atomic E-state index is 0.128. The maximum Gasteiger partial charge on any atom is 0.419 e. The molecule has 3 aromatic rings. The molecule has 0 aliphatic carbocycles. The van der Waals surface area contributed by atoms with E-state index in [0.29, 0.717) is 21.5 Å². The molecule has 0 fully saturated rings. The van der Waals surface area contributed by atoms with E-state index >= 15 is 0 Å². The molecule has 0 unspecified atom stereocenters. The van der Waals surface area contributed by atoms with Crippen LogP contribution in [0, 0.1) is 6.92 Å². The second kappa shape index (κ2) is 8.96. The van der Waals surface area contributed by atoms with Crippen LogP contribution in [-0.2, 0) is 19.7 Å². The van der Waals surface area contributed by atoms with Gasteiger partial charge in [-0.25, -0.2) is 9.78 Å². The van der Waals surface area contributed by atoms with Crippen LogP contribution in [0.25, 0.3) is 10.9 Å². The summed E-state index contributed by atoms with van der Waals surface area (Å²) in [4.78, 5) is 46.7. The third-order valence-electron chi connectivity index (χ3n) is 4.26. The van der Waals surface area contributed by atoms with Crippen molar-refractivity contribution in [2.45, 2.75) is 59.5 Å². The van der Waals surface area contributed by atoms with Gasteiger partial charge < -0.3 is 4.74 Å². The number of ketones is 1. The van der Waals surface area contributed by atoms with Gasteiger partial charge in [0, 0.05) is 22.4 Å². The number of aromatic nitrogens is 2. The molecule has 0 saturated heterocycles. The first kappa shape index (κ1) is 24.2. The van der Waals surface area contributed by atoms with Crippen LogP contribution in [0.1, 0.15) is 68.2 Å². The molecule has 0 amide bonds. The van der Waals surface area contributed by atoms with E-state index in [1.807, 2.05) is 51.3 Å². The lowest BCUT2D eigenvalue weighted by Gasteiger charge is -2.19. The molecule has 0 aliphatic heterocycles. The first-order valence-electron chi connectivity index (χ1n) is 9.63. The molecule has 0 saturated carbocycles. The van der Waals surface area contributed by atoms with Crippen molar-refractivity contribution in [2.24, 2.45) is 0 Å². The highest BCUT2D eigenvalue weighted by Crippen LogP contribution is 2.29. The molecule has 0 N–H and O–H groups in total. The van der Waals surface area contributed by atoms with Gasteiger partial charge in [0.1, 0.15) is 5.60 Å². The number of carbonyl (C=O) groups excluding carboxylic acids is 4. The molecule has 31 heavy (non-hydrogen) atoms. The number of fused-ring (bicyclic) bond motifs is 1. The van der Waals surface area contributed by atoms with Crippen LogP contribution in [0.15, 0.2) is 29.8 Å². The van der Waals surface area contributed by atoms with Crippen LogP contribution in [0.2, 0.25) is 0 Å². The smallest absolute Gasteiger partial charge is 0.419 e. The van der Waals surface area contributed by atoms with Gasteiger partial charge in [-0.05, 0) is 39.3 Å². The Hall–Kier alpha value is -3.09. The summed E-state index contributed by atoms with van der Waals surface area (Å²) in [6.07, 6.45) is 1.32. The predicted molar refractivity (Wildman–Crippen MR) is 118 cm³/mol. The number of thiazole rings is 1. The standard InChI is InChI=1S/C22H26N2O3S.CO2/c1-13-8-9-14-15(18(25)19-23-17(12-28-19)21(2,3)4)11-24(16(14)10-13)20(26)27-22(5,6)7;2-1-3/h8-12H,1-7H3;. The Morgan fingerprint density at radius 1 is 1.10 bits per heavy atom. The van der Waals surface area contributed by atoms with Crippen molar-refractivity contribution in [3.63, 3.8) is 0 Å². The van der Waals surface area contributed by atoms with Gasteiger partial charge in [0.15, 0.2) is 5.01 Å². The summed E-state index contributed by atoms with van der Waals surface area (Å²) in [6.45, 7) is 13.6.